The summed E-state index contributed by atoms with van der Waals surface area (Å²) in [5, 5.41) is 6.02. The zero-order chi connectivity index (χ0) is 82.6. The lowest BCUT2D eigenvalue weighted by Crippen LogP contribution is -2.53. The summed E-state index contributed by atoms with van der Waals surface area (Å²) in [5.41, 5.74) is 14.7. The molecule has 0 unspecified atom stereocenters. The molecule has 0 bridgehead atoms. The second-order valence-corrected chi connectivity index (χ2v) is 39.4. The summed E-state index contributed by atoms with van der Waals surface area (Å²) < 4.78 is 16.2. The Morgan fingerprint density at radius 1 is 0.434 bits per heavy atom. The van der Waals surface area contributed by atoms with Gasteiger partial charge in [-0.05, 0) is 205 Å². The molecule has 122 heavy (non-hydrogen) atoms. The monoisotopic (exact) mass is 1680 g/mol. The highest BCUT2D eigenvalue weighted by atomic mass is 35.5. The zero-order valence-electron chi connectivity index (χ0n) is 72.9. The van der Waals surface area contributed by atoms with Crippen molar-refractivity contribution in [3.8, 4) is 0 Å². The minimum atomic E-state index is -0.264. The molecule has 654 valence electrons. The highest BCUT2D eigenvalue weighted by molar-refractivity contribution is 6.28. The predicted octanol–water partition coefficient (Wildman–Crippen LogP) is 17.2. The van der Waals surface area contributed by atoms with E-state index in [-0.39, 0.29) is 35.2 Å². The SMILES string of the molecule is NC1CCC(N2CCN(CC3CC3)CC2)CC1.O=C(OCc1ccccc1)N1Cc2cc3cnc(Cl)nc3n2C2(CCCCC2)C1.O=C(OCc1ccccc1)N1Cc2cc3cnc(NC4CCC(N5CCN(CC6CC6)CC5)CC4)nc3n2C2(CCCCC2)C1.c1ccc(CN(Cc2ccccc2)C2CCC(N3CCN(CC4CC4)CC3)CC2)cc1. The molecule has 22 heteroatoms. The van der Waals surface area contributed by atoms with E-state index in [2.05, 4.69) is 132 Å². The van der Waals surface area contributed by atoms with Crippen molar-refractivity contribution in [2.45, 2.75) is 267 Å². The van der Waals surface area contributed by atoms with Gasteiger partial charge in [0.2, 0.25) is 11.2 Å². The van der Waals surface area contributed by atoms with Crippen LogP contribution in [-0.2, 0) is 59.9 Å². The second kappa shape index (κ2) is 40.4. The number of hydrogen-bond acceptors (Lipinski definition) is 17. The molecule has 0 atom stereocenters. The standard InChI is InChI=1S/C36H49N7O2.C28H39N3.C22H23ClN4O2.C14H27N3/c44-35(45-25-28-7-3-1-4-8-28)42-24-32-21-29-22-37-34(39-33(29)43(32)36(26-42)15-5-2-6-16-36)38-30-11-13-31(14-12-30)41-19-17-40(18-20-41)23-27-9-10-27;1-3-7-24(8-4-1)22-31(23-25-9-5-2-6-10-25)28-15-13-27(14-16-28)30-19-17-29(18-20-30)21-26-11-12-26;23-20-24-12-17-11-18-13-26(21(28)29-14-16-7-3-1-4-8-16)15-22(9-5-2-6-10-22)27(18)19(17)25-20;15-13-3-5-14(6-4-13)17-9-7-16(8-10-17)11-12-1-2-12/h1,3-4,7-8,21-22,27,30-31H,2,5-6,9-20,23-26H2,(H,37,38,39);1-10,26-28H,11-23H2;1,3-4,7-8,11-12H,2,5-6,9-10,13-15H2;12-14H,1-11,15H2. The van der Waals surface area contributed by atoms with Gasteiger partial charge in [0.05, 0.1) is 24.2 Å². The molecular formula is C100H138ClN17O4. The van der Waals surface area contributed by atoms with Crippen molar-refractivity contribution in [3.63, 3.8) is 0 Å². The molecule has 8 aliphatic carbocycles. The van der Waals surface area contributed by atoms with Crippen molar-refractivity contribution in [1.82, 2.24) is 73.2 Å². The molecule has 8 saturated carbocycles. The number of nitrogens with two attached hydrogens (primary N) is 1. The summed E-state index contributed by atoms with van der Waals surface area (Å²) in [5.74, 6) is 3.82. The van der Waals surface area contributed by atoms with E-state index in [0.29, 0.717) is 50.9 Å². The Bertz CT molecular complexity index is 4560. The number of piperazine rings is 3. The smallest absolute Gasteiger partial charge is 0.410 e. The Labute approximate surface area is 731 Å². The van der Waals surface area contributed by atoms with Crippen LogP contribution in [0.5, 0.6) is 0 Å². The van der Waals surface area contributed by atoms with E-state index in [4.69, 9.17) is 36.8 Å². The fourth-order valence-electron chi connectivity index (χ4n) is 22.7. The number of nitrogens with zero attached hydrogens (tertiary/aromatic N) is 15. The highest BCUT2D eigenvalue weighted by Crippen LogP contribution is 2.46. The third-order valence-electron chi connectivity index (χ3n) is 30.1. The van der Waals surface area contributed by atoms with E-state index in [1.165, 1.54) is 251 Å². The van der Waals surface area contributed by atoms with E-state index in [0.717, 1.165) is 138 Å². The maximum absolute atomic E-state index is 13.3. The van der Waals surface area contributed by atoms with Crippen LogP contribution in [0.15, 0.2) is 146 Å². The third kappa shape index (κ3) is 22.1. The van der Waals surface area contributed by atoms with Crippen molar-refractivity contribution in [3.05, 3.63) is 185 Å². The minimum Gasteiger partial charge on any atom is -0.445 e. The first-order valence-electron chi connectivity index (χ1n) is 48.0. The number of halogens is 1. The molecule has 2 amide bonds. The molecule has 11 fully saturated rings. The topological polar surface area (TPSA) is 181 Å². The molecule has 4 aromatic heterocycles. The molecule has 21 nitrogen and oxygen atoms in total. The van der Waals surface area contributed by atoms with Crippen molar-refractivity contribution < 1.29 is 19.1 Å². The highest BCUT2D eigenvalue weighted by Gasteiger charge is 2.46. The number of hydrogen-bond donors (Lipinski definition) is 2. The van der Waals surface area contributed by atoms with E-state index in [9.17, 15) is 9.59 Å². The number of benzene rings is 4. The summed E-state index contributed by atoms with van der Waals surface area (Å²) in [6.45, 7) is 24.5. The van der Waals surface area contributed by atoms with Crippen LogP contribution in [0.1, 0.15) is 213 Å². The maximum Gasteiger partial charge on any atom is 0.410 e. The van der Waals surface area contributed by atoms with Crippen LogP contribution >= 0.6 is 11.6 Å². The minimum absolute atomic E-state index is 0.147. The van der Waals surface area contributed by atoms with Crippen molar-refractivity contribution in [2.75, 3.05) is 117 Å². The number of carbonyl (C=O) groups is 2. The molecular weight excluding hydrogens is 1540 g/mol. The number of carbonyl (C=O) groups excluding carboxylic acids is 2. The fraction of sp³-hybridized carbons (Fsp3) is 0.620. The van der Waals surface area contributed by atoms with Gasteiger partial charge in [0.25, 0.3) is 0 Å². The van der Waals surface area contributed by atoms with Gasteiger partial charge < -0.3 is 54.2 Å². The summed E-state index contributed by atoms with van der Waals surface area (Å²) in [7, 11) is 0. The number of amides is 2. The van der Waals surface area contributed by atoms with Crippen LogP contribution in [-0.4, -0.2) is 233 Å². The lowest BCUT2D eigenvalue weighted by molar-refractivity contribution is 0.0464. The van der Waals surface area contributed by atoms with Crippen LogP contribution in [0.4, 0.5) is 15.5 Å². The van der Waals surface area contributed by atoms with Gasteiger partial charge >= 0.3 is 12.2 Å². The molecule has 2 spiro atoms. The molecule has 3 saturated heterocycles. The van der Waals surface area contributed by atoms with Crippen LogP contribution in [0.25, 0.3) is 22.1 Å². The normalized spacial score (nSPS) is 25.5. The molecule has 3 N–H and O–H groups in total. The van der Waals surface area contributed by atoms with Gasteiger partial charge in [-0.15, -0.1) is 0 Å². The first kappa shape index (κ1) is 85.2. The number of fused-ring (bicyclic) bond motifs is 8. The number of aromatic nitrogens is 6. The Kier molecular flexibility index (Phi) is 28.2. The maximum atomic E-state index is 13.3. The van der Waals surface area contributed by atoms with E-state index in [1.54, 1.807) is 6.20 Å². The number of anilines is 1. The lowest BCUT2D eigenvalue weighted by atomic mass is 9.79. The second-order valence-electron chi connectivity index (χ2n) is 39.1. The first-order chi connectivity index (χ1) is 59.9. The average Bonchev–Trinajstić information content (AvgIpc) is 1.60. The van der Waals surface area contributed by atoms with Gasteiger partial charge in [-0.3, -0.25) is 19.6 Å². The summed E-state index contributed by atoms with van der Waals surface area (Å²) >= 11 is 6.10. The molecule has 0 radical (unpaired) electrons. The van der Waals surface area contributed by atoms with Gasteiger partial charge in [0.15, 0.2) is 0 Å². The largest absolute Gasteiger partial charge is 0.445 e. The van der Waals surface area contributed by atoms with Crippen LogP contribution < -0.4 is 11.1 Å². The van der Waals surface area contributed by atoms with Crippen LogP contribution in [0, 0.1) is 17.8 Å². The lowest BCUT2D eigenvalue weighted by Gasteiger charge is -2.46. The van der Waals surface area contributed by atoms with Gasteiger partial charge in [-0.25, -0.2) is 19.6 Å². The summed E-state index contributed by atoms with van der Waals surface area (Å²) in [6.07, 6.45) is 38.8. The number of rotatable bonds is 20. The molecule has 13 aliphatic rings. The average molecular weight is 1680 g/mol. The van der Waals surface area contributed by atoms with Crippen molar-refractivity contribution >= 4 is 51.8 Å². The van der Waals surface area contributed by atoms with Crippen molar-refractivity contribution in [1.29, 1.82) is 0 Å². The predicted molar refractivity (Wildman–Crippen MR) is 487 cm³/mol. The number of ether oxygens (including phenoxy) is 2. The van der Waals surface area contributed by atoms with E-state index >= 15 is 0 Å². The summed E-state index contributed by atoms with van der Waals surface area (Å²) in [6, 6.07) is 50.1. The van der Waals surface area contributed by atoms with Gasteiger partial charge in [-0.1, -0.05) is 160 Å². The molecule has 5 aliphatic heterocycles. The third-order valence-corrected chi connectivity index (χ3v) is 30.3. The van der Waals surface area contributed by atoms with E-state index in [1.807, 2.05) is 76.7 Å². The first-order valence-corrected chi connectivity index (χ1v) is 48.3. The Balaban J connectivity index is 0.000000117. The summed E-state index contributed by atoms with van der Waals surface area (Å²) in [4.78, 5) is 67.8. The molecule has 8 aromatic rings. The number of nitrogens with one attached hydrogen (secondary N) is 1. The Morgan fingerprint density at radius 2 is 0.803 bits per heavy atom. The van der Waals surface area contributed by atoms with Crippen molar-refractivity contribution in [2.24, 2.45) is 23.5 Å². The zero-order valence-corrected chi connectivity index (χ0v) is 73.7. The van der Waals surface area contributed by atoms with Crippen LogP contribution in [0.3, 0.4) is 0 Å². The fourth-order valence-corrected chi connectivity index (χ4v) is 22.9. The van der Waals surface area contributed by atoms with Gasteiger partial charge in [-0.2, -0.15) is 9.97 Å². The quantitative estimate of drug-likeness (QED) is 0.0687. The Hall–Kier alpha value is -7.57. The van der Waals surface area contributed by atoms with Gasteiger partial charge in [0.1, 0.15) is 24.5 Å². The molecule has 9 heterocycles. The van der Waals surface area contributed by atoms with Gasteiger partial charge in [0, 0.05) is 195 Å². The molecule has 4 aromatic carbocycles. The van der Waals surface area contributed by atoms with E-state index < -0.39 is 0 Å². The Morgan fingerprint density at radius 3 is 1.20 bits per heavy atom. The van der Waals surface area contributed by atoms with Crippen LogP contribution in [0.2, 0.25) is 5.28 Å². The molecule has 21 rings (SSSR count).